The van der Waals surface area contributed by atoms with E-state index < -0.39 is 11.7 Å². The SMILES string of the molecule is CC(=O)Nc1ccc(F)c(C(=O)NCC2CCCC(O)C2)c1. The number of carbonyl (C=O) groups excluding carboxylic acids is 2. The lowest BCUT2D eigenvalue weighted by molar-refractivity contribution is -0.114. The molecule has 2 amide bonds. The Morgan fingerprint density at radius 2 is 2.14 bits per heavy atom. The Hall–Kier alpha value is -1.95. The van der Waals surface area contributed by atoms with Crippen LogP contribution in [-0.2, 0) is 4.79 Å². The van der Waals surface area contributed by atoms with Crippen LogP contribution in [0.15, 0.2) is 18.2 Å². The second-order valence-electron chi connectivity index (χ2n) is 5.77. The molecule has 0 heterocycles. The largest absolute Gasteiger partial charge is 0.393 e. The molecule has 2 atom stereocenters. The number of rotatable bonds is 4. The number of carbonyl (C=O) groups is 2. The molecule has 0 spiro atoms. The van der Waals surface area contributed by atoms with E-state index in [1.807, 2.05) is 0 Å². The highest BCUT2D eigenvalue weighted by atomic mass is 19.1. The smallest absolute Gasteiger partial charge is 0.254 e. The second-order valence-corrected chi connectivity index (χ2v) is 5.77. The predicted molar refractivity (Wildman–Crippen MR) is 81.0 cm³/mol. The Balaban J connectivity index is 1.97. The summed E-state index contributed by atoms with van der Waals surface area (Å²) in [5.74, 6) is -1.21. The fraction of sp³-hybridized carbons (Fsp3) is 0.500. The number of aliphatic hydroxyl groups is 1. The number of aliphatic hydroxyl groups excluding tert-OH is 1. The minimum atomic E-state index is -0.629. The van der Waals surface area contributed by atoms with Gasteiger partial charge in [-0.05, 0) is 43.4 Å². The van der Waals surface area contributed by atoms with Crippen molar-refractivity contribution < 1.29 is 19.1 Å². The van der Waals surface area contributed by atoms with Crippen molar-refractivity contribution in [3.63, 3.8) is 0 Å². The van der Waals surface area contributed by atoms with Crippen LogP contribution >= 0.6 is 0 Å². The Morgan fingerprint density at radius 3 is 2.82 bits per heavy atom. The van der Waals surface area contributed by atoms with Gasteiger partial charge in [0.1, 0.15) is 5.82 Å². The third-order valence-corrected chi connectivity index (χ3v) is 3.84. The topological polar surface area (TPSA) is 78.4 Å². The Labute approximate surface area is 128 Å². The molecule has 1 saturated carbocycles. The van der Waals surface area contributed by atoms with E-state index in [0.717, 1.165) is 25.3 Å². The van der Waals surface area contributed by atoms with Gasteiger partial charge >= 0.3 is 0 Å². The van der Waals surface area contributed by atoms with Crippen molar-refractivity contribution in [2.45, 2.75) is 38.7 Å². The molecule has 6 heteroatoms. The van der Waals surface area contributed by atoms with E-state index in [0.29, 0.717) is 18.7 Å². The maximum Gasteiger partial charge on any atom is 0.254 e. The number of nitrogens with one attached hydrogen (secondary N) is 2. The highest BCUT2D eigenvalue weighted by Gasteiger charge is 2.21. The summed E-state index contributed by atoms with van der Waals surface area (Å²) in [6.07, 6.45) is 3.04. The van der Waals surface area contributed by atoms with Crippen LogP contribution in [0.25, 0.3) is 0 Å². The fourth-order valence-corrected chi connectivity index (χ4v) is 2.76. The maximum atomic E-state index is 13.8. The minimum Gasteiger partial charge on any atom is -0.393 e. The van der Waals surface area contributed by atoms with Gasteiger partial charge in [-0.15, -0.1) is 0 Å². The average Bonchev–Trinajstić information content (AvgIpc) is 2.46. The van der Waals surface area contributed by atoms with Crippen LogP contribution in [0.5, 0.6) is 0 Å². The molecule has 0 aromatic heterocycles. The van der Waals surface area contributed by atoms with Gasteiger partial charge < -0.3 is 15.7 Å². The number of anilines is 1. The summed E-state index contributed by atoms with van der Waals surface area (Å²) in [5, 5.41) is 14.8. The van der Waals surface area contributed by atoms with Crippen molar-refractivity contribution in [3.05, 3.63) is 29.6 Å². The highest BCUT2D eigenvalue weighted by molar-refractivity contribution is 5.97. The van der Waals surface area contributed by atoms with Gasteiger partial charge in [0.05, 0.1) is 11.7 Å². The molecule has 0 bridgehead atoms. The van der Waals surface area contributed by atoms with Crippen molar-refractivity contribution in [2.24, 2.45) is 5.92 Å². The predicted octanol–water partition coefficient (Wildman–Crippen LogP) is 2.06. The molecular formula is C16H21FN2O3. The lowest BCUT2D eigenvalue weighted by Crippen LogP contribution is -2.33. The molecule has 1 aliphatic rings. The van der Waals surface area contributed by atoms with Gasteiger partial charge in [0.25, 0.3) is 5.91 Å². The van der Waals surface area contributed by atoms with E-state index in [-0.39, 0.29) is 23.5 Å². The molecule has 1 fully saturated rings. The molecule has 0 aliphatic heterocycles. The Bertz CT molecular complexity index is 562. The van der Waals surface area contributed by atoms with Crippen LogP contribution in [0.1, 0.15) is 43.0 Å². The molecule has 0 saturated heterocycles. The van der Waals surface area contributed by atoms with E-state index in [2.05, 4.69) is 10.6 Å². The van der Waals surface area contributed by atoms with Crippen molar-refractivity contribution >= 4 is 17.5 Å². The summed E-state index contributed by atoms with van der Waals surface area (Å²) < 4.78 is 13.8. The van der Waals surface area contributed by atoms with Crippen LogP contribution in [0, 0.1) is 11.7 Å². The third-order valence-electron chi connectivity index (χ3n) is 3.84. The zero-order valence-corrected chi connectivity index (χ0v) is 12.6. The summed E-state index contributed by atoms with van der Waals surface area (Å²) in [6, 6.07) is 3.89. The van der Waals surface area contributed by atoms with Gasteiger partial charge in [-0.2, -0.15) is 0 Å². The standard InChI is InChI=1S/C16H21FN2O3/c1-10(20)19-12-5-6-15(17)14(8-12)16(22)18-9-11-3-2-4-13(21)7-11/h5-6,8,11,13,21H,2-4,7,9H2,1H3,(H,18,22)(H,19,20). The maximum absolute atomic E-state index is 13.8. The van der Waals surface area contributed by atoms with E-state index in [1.54, 1.807) is 0 Å². The van der Waals surface area contributed by atoms with E-state index in [1.165, 1.54) is 19.1 Å². The van der Waals surface area contributed by atoms with Gasteiger partial charge in [-0.25, -0.2) is 4.39 Å². The first-order chi connectivity index (χ1) is 10.5. The molecule has 3 N–H and O–H groups in total. The molecule has 2 rings (SSSR count). The monoisotopic (exact) mass is 308 g/mol. The zero-order valence-electron chi connectivity index (χ0n) is 12.6. The van der Waals surface area contributed by atoms with Crippen molar-refractivity contribution in [3.8, 4) is 0 Å². The lowest BCUT2D eigenvalue weighted by Gasteiger charge is -2.25. The first-order valence-corrected chi connectivity index (χ1v) is 7.49. The minimum absolute atomic E-state index is 0.0948. The van der Waals surface area contributed by atoms with Crippen LogP contribution in [0.3, 0.4) is 0 Å². The molecule has 22 heavy (non-hydrogen) atoms. The van der Waals surface area contributed by atoms with Crippen LogP contribution in [0.4, 0.5) is 10.1 Å². The molecule has 1 aliphatic carbocycles. The second kappa shape index (κ2) is 7.35. The number of hydrogen-bond acceptors (Lipinski definition) is 3. The summed E-state index contributed by atoms with van der Waals surface area (Å²) >= 11 is 0. The molecule has 120 valence electrons. The summed E-state index contributed by atoms with van der Waals surface area (Å²) in [6.45, 7) is 1.76. The summed E-state index contributed by atoms with van der Waals surface area (Å²) in [4.78, 5) is 23.1. The molecular weight excluding hydrogens is 287 g/mol. The summed E-state index contributed by atoms with van der Waals surface area (Å²) in [5.41, 5.74) is 0.287. The molecule has 0 radical (unpaired) electrons. The highest BCUT2D eigenvalue weighted by Crippen LogP contribution is 2.23. The van der Waals surface area contributed by atoms with Gasteiger partial charge in [0.15, 0.2) is 0 Å². The lowest BCUT2D eigenvalue weighted by atomic mass is 9.87. The molecule has 1 aromatic carbocycles. The summed E-state index contributed by atoms with van der Waals surface area (Å²) in [7, 11) is 0. The van der Waals surface area contributed by atoms with E-state index in [9.17, 15) is 19.1 Å². The van der Waals surface area contributed by atoms with Gasteiger partial charge in [-0.3, -0.25) is 9.59 Å². The van der Waals surface area contributed by atoms with Crippen LogP contribution in [0.2, 0.25) is 0 Å². The number of halogens is 1. The number of amides is 2. The first-order valence-electron chi connectivity index (χ1n) is 7.49. The number of hydrogen-bond donors (Lipinski definition) is 3. The van der Waals surface area contributed by atoms with Crippen molar-refractivity contribution in [1.82, 2.24) is 5.32 Å². The van der Waals surface area contributed by atoms with Gasteiger partial charge in [-0.1, -0.05) is 6.42 Å². The molecule has 2 unspecified atom stereocenters. The normalized spacial score (nSPS) is 21.2. The van der Waals surface area contributed by atoms with Crippen molar-refractivity contribution in [2.75, 3.05) is 11.9 Å². The Morgan fingerprint density at radius 1 is 1.36 bits per heavy atom. The van der Waals surface area contributed by atoms with Crippen LogP contribution in [-0.4, -0.2) is 29.6 Å². The van der Waals surface area contributed by atoms with Gasteiger partial charge in [0, 0.05) is 19.2 Å². The number of benzene rings is 1. The van der Waals surface area contributed by atoms with Crippen LogP contribution < -0.4 is 10.6 Å². The van der Waals surface area contributed by atoms with Gasteiger partial charge in [0.2, 0.25) is 5.91 Å². The van der Waals surface area contributed by atoms with Crippen molar-refractivity contribution in [1.29, 1.82) is 0 Å². The molecule has 5 nitrogen and oxygen atoms in total. The van der Waals surface area contributed by atoms with E-state index >= 15 is 0 Å². The zero-order chi connectivity index (χ0) is 16.1. The Kier molecular flexibility index (Phi) is 5.49. The third kappa shape index (κ3) is 4.53. The quantitative estimate of drug-likeness (QED) is 0.796. The van der Waals surface area contributed by atoms with E-state index in [4.69, 9.17) is 0 Å². The first kappa shape index (κ1) is 16.4. The fourth-order valence-electron chi connectivity index (χ4n) is 2.76. The molecule has 1 aromatic rings. The average molecular weight is 308 g/mol.